The Hall–Kier alpha value is -3.57. The van der Waals surface area contributed by atoms with Crippen molar-refractivity contribution in [2.45, 2.75) is 37.3 Å². The van der Waals surface area contributed by atoms with Crippen LogP contribution in [0.5, 0.6) is 0 Å². The second kappa shape index (κ2) is 10.2. The second-order valence-corrected chi connectivity index (χ2v) is 9.97. The summed E-state index contributed by atoms with van der Waals surface area (Å²) < 4.78 is 67.6. The molecule has 2 N–H and O–H groups in total. The zero-order valence-electron chi connectivity index (χ0n) is 19.6. The number of nitrogens with one attached hydrogen (secondary N) is 2. The lowest BCUT2D eigenvalue weighted by Gasteiger charge is -2.14. The molecule has 0 aliphatic carbocycles. The van der Waals surface area contributed by atoms with Crippen LogP contribution < -0.4 is 10.0 Å². The largest absolute Gasteiger partial charge is 0.418 e. The van der Waals surface area contributed by atoms with Gasteiger partial charge >= 0.3 is 6.18 Å². The van der Waals surface area contributed by atoms with E-state index < -0.39 is 21.8 Å². The number of hydrogen-bond acceptors (Lipinski definition) is 6. The monoisotopic (exact) mass is 515 g/mol. The third kappa shape index (κ3) is 5.31. The summed E-state index contributed by atoms with van der Waals surface area (Å²) in [7, 11) is -2.25. The Morgan fingerprint density at radius 1 is 1.00 bits per heavy atom. The fourth-order valence-corrected chi connectivity index (χ4v) is 4.87. The van der Waals surface area contributed by atoms with Crippen LogP contribution in [0, 0.1) is 0 Å². The fourth-order valence-electron chi connectivity index (χ4n) is 3.90. The molecular formula is C25H24F3N5O2S. The molecule has 7 nitrogen and oxygen atoms in total. The first-order valence-electron chi connectivity index (χ1n) is 11.2. The first-order valence-corrected chi connectivity index (χ1v) is 12.7. The molecule has 0 spiro atoms. The number of benzene rings is 2. The predicted molar refractivity (Wildman–Crippen MR) is 132 cm³/mol. The average molecular weight is 516 g/mol. The first kappa shape index (κ1) is 25.5. The van der Waals surface area contributed by atoms with E-state index in [1.54, 1.807) is 30.3 Å². The third-order valence-corrected chi connectivity index (χ3v) is 7.22. The summed E-state index contributed by atoms with van der Waals surface area (Å²) in [5.41, 5.74) is 1.01. The normalized spacial score (nSPS) is 12.1. The van der Waals surface area contributed by atoms with Gasteiger partial charge in [0.1, 0.15) is 12.1 Å². The van der Waals surface area contributed by atoms with Gasteiger partial charge in [-0.2, -0.15) is 13.2 Å². The standard InChI is InChI=1S/C25H24F3N5O2S/c1-3-4-6-16-13-18(9-11-22(16)36(34,35)29-2)33-24-19-10-8-17(14-21(19)31-15-32-24)23-20(25(26,27)28)7-5-12-30-23/h5,7-15,29H,3-4,6H2,1-2H3,(H,31,32,33). The van der Waals surface area contributed by atoms with Crippen LogP contribution >= 0.6 is 0 Å². The minimum Gasteiger partial charge on any atom is -0.340 e. The number of sulfonamides is 1. The Morgan fingerprint density at radius 3 is 2.53 bits per heavy atom. The van der Waals surface area contributed by atoms with Crippen molar-refractivity contribution in [1.29, 1.82) is 0 Å². The number of aryl methyl sites for hydroxylation is 1. The van der Waals surface area contributed by atoms with Crippen LogP contribution in [0.4, 0.5) is 24.7 Å². The Kier molecular flexibility index (Phi) is 7.23. The zero-order valence-corrected chi connectivity index (χ0v) is 20.4. The number of halogens is 3. The summed E-state index contributed by atoms with van der Waals surface area (Å²) in [5, 5.41) is 3.78. The maximum Gasteiger partial charge on any atom is 0.418 e. The smallest absolute Gasteiger partial charge is 0.340 e. The summed E-state index contributed by atoms with van der Waals surface area (Å²) in [4.78, 5) is 12.7. The SMILES string of the molecule is CCCCc1cc(Nc2ncnc3cc(-c4ncccc4C(F)(F)F)ccc23)ccc1S(=O)(=O)NC. The molecule has 0 fully saturated rings. The van der Waals surface area contributed by atoms with E-state index in [9.17, 15) is 21.6 Å². The molecule has 2 aromatic carbocycles. The molecule has 0 radical (unpaired) electrons. The van der Waals surface area contributed by atoms with Gasteiger partial charge in [0.15, 0.2) is 0 Å². The third-order valence-electron chi connectivity index (χ3n) is 5.70. The van der Waals surface area contributed by atoms with E-state index >= 15 is 0 Å². The van der Waals surface area contributed by atoms with E-state index in [2.05, 4.69) is 25.0 Å². The Balaban J connectivity index is 1.72. The van der Waals surface area contributed by atoms with Gasteiger partial charge in [0.2, 0.25) is 10.0 Å². The van der Waals surface area contributed by atoms with Crippen molar-refractivity contribution in [1.82, 2.24) is 19.7 Å². The van der Waals surface area contributed by atoms with E-state index in [0.29, 0.717) is 34.4 Å². The van der Waals surface area contributed by atoms with Crippen LogP contribution in [-0.4, -0.2) is 30.4 Å². The first-order chi connectivity index (χ1) is 17.1. The molecule has 4 rings (SSSR count). The molecule has 36 heavy (non-hydrogen) atoms. The van der Waals surface area contributed by atoms with Gasteiger partial charge in [0.05, 0.1) is 21.7 Å². The molecule has 0 unspecified atom stereocenters. The summed E-state index contributed by atoms with van der Waals surface area (Å²) in [6.07, 6.45) is 0.399. The number of nitrogens with zero attached hydrogens (tertiary/aromatic N) is 3. The topological polar surface area (TPSA) is 96.9 Å². The quantitative estimate of drug-likeness (QED) is 0.312. The molecule has 2 heterocycles. The number of pyridine rings is 1. The lowest BCUT2D eigenvalue weighted by Crippen LogP contribution is -2.20. The molecule has 0 saturated heterocycles. The molecule has 2 aromatic heterocycles. The maximum absolute atomic E-state index is 13.5. The number of rotatable bonds is 8. The molecule has 188 valence electrons. The number of unbranched alkanes of at least 4 members (excludes halogenated alkanes) is 1. The van der Waals surface area contributed by atoms with Crippen molar-refractivity contribution >= 4 is 32.4 Å². The van der Waals surface area contributed by atoms with Gasteiger partial charge < -0.3 is 5.32 Å². The number of hydrogen-bond donors (Lipinski definition) is 2. The lowest BCUT2D eigenvalue weighted by atomic mass is 10.0. The number of fused-ring (bicyclic) bond motifs is 1. The molecule has 0 aliphatic heterocycles. The molecule has 11 heteroatoms. The average Bonchev–Trinajstić information content (AvgIpc) is 2.87. The predicted octanol–water partition coefficient (Wildman–Crippen LogP) is 5.70. The number of anilines is 2. The van der Waals surface area contributed by atoms with Gasteiger partial charge in [-0.3, -0.25) is 4.98 Å². The highest BCUT2D eigenvalue weighted by atomic mass is 32.2. The Bertz CT molecular complexity index is 1510. The molecular weight excluding hydrogens is 491 g/mol. The van der Waals surface area contributed by atoms with Crippen LogP contribution in [0.1, 0.15) is 30.9 Å². The summed E-state index contributed by atoms with van der Waals surface area (Å²) in [6, 6.07) is 11.9. The van der Waals surface area contributed by atoms with Crippen molar-refractivity contribution < 1.29 is 21.6 Å². The van der Waals surface area contributed by atoms with Crippen molar-refractivity contribution in [2.75, 3.05) is 12.4 Å². The molecule has 0 aliphatic rings. The van der Waals surface area contributed by atoms with Gasteiger partial charge in [0, 0.05) is 22.8 Å². The minimum atomic E-state index is -4.54. The van der Waals surface area contributed by atoms with E-state index in [1.165, 1.54) is 31.7 Å². The van der Waals surface area contributed by atoms with Gasteiger partial charge in [0.25, 0.3) is 0 Å². The van der Waals surface area contributed by atoms with E-state index in [1.807, 2.05) is 6.92 Å². The summed E-state index contributed by atoms with van der Waals surface area (Å²) in [6.45, 7) is 2.03. The highest BCUT2D eigenvalue weighted by Crippen LogP contribution is 2.37. The van der Waals surface area contributed by atoms with Crippen LogP contribution in [-0.2, 0) is 22.6 Å². The lowest BCUT2D eigenvalue weighted by molar-refractivity contribution is -0.137. The Labute approximate surface area is 206 Å². The highest BCUT2D eigenvalue weighted by molar-refractivity contribution is 7.89. The molecule has 0 amide bonds. The van der Waals surface area contributed by atoms with E-state index in [4.69, 9.17) is 0 Å². The van der Waals surface area contributed by atoms with Crippen molar-refractivity contribution in [3.63, 3.8) is 0 Å². The molecule has 4 aromatic rings. The van der Waals surface area contributed by atoms with Crippen molar-refractivity contribution in [3.8, 4) is 11.3 Å². The van der Waals surface area contributed by atoms with Crippen LogP contribution in [0.3, 0.4) is 0 Å². The Morgan fingerprint density at radius 2 is 1.81 bits per heavy atom. The van der Waals surface area contributed by atoms with Gasteiger partial charge in [-0.1, -0.05) is 19.4 Å². The van der Waals surface area contributed by atoms with Crippen LogP contribution in [0.25, 0.3) is 22.2 Å². The number of alkyl halides is 3. The summed E-state index contributed by atoms with van der Waals surface area (Å²) in [5.74, 6) is 0.439. The second-order valence-electron chi connectivity index (χ2n) is 8.11. The maximum atomic E-state index is 13.5. The van der Waals surface area contributed by atoms with Crippen LogP contribution in [0.2, 0.25) is 0 Å². The molecule has 0 atom stereocenters. The van der Waals surface area contributed by atoms with Crippen LogP contribution in [0.15, 0.2) is 66.0 Å². The zero-order chi connectivity index (χ0) is 25.9. The highest BCUT2D eigenvalue weighted by Gasteiger charge is 2.34. The number of aromatic nitrogens is 3. The minimum absolute atomic E-state index is 0.179. The van der Waals surface area contributed by atoms with Gasteiger partial charge in [-0.15, -0.1) is 0 Å². The van der Waals surface area contributed by atoms with Gasteiger partial charge in [-0.05, 0) is 67.9 Å². The van der Waals surface area contributed by atoms with Crippen molar-refractivity contribution in [3.05, 3.63) is 72.2 Å². The summed E-state index contributed by atoms with van der Waals surface area (Å²) >= 11 is 0. The molecule has 0 saturated carbocycles. The molecule has 0 bridgehead atoms. The van der Waals surface area contributed by atoms with E-state index in [-0.39, 0.29) is 16.2 Å². The fraction of sp³-hybridized carbons (Fsp3) is 0.240. The van der Waals surface area contributed by atoms with E-state index in [0.717, 1.165) is 18.9 Å². The van der Waals surface area contributed by atoms with Gasteiger partial charge in [-0.25, -0.2) is 23.1 Å². The van der Waals surface area contributed by atoms with Crippen molar-refractivity contribution in [2.24, 2.45) is 0 Å².